The summed E-state index contributed by atoms with van der Waals surface area (Å²) in [7, 11) is 0. The van der Waals surface area contributed by atoms with Crippen molar-refractivity contribution in [3.63, 3.8) is 0 Å². The maximum Gasteiger partial charge on any atom is 0.255 e. The molecule has 4 nitrogen and oxygen atoms in total. The number of fused-ring (bicyclic) bond motifs is 1. The van der Waals surface area contributed by atoms with Crippen molar-refractivity contribution in [1.29, 1.82) is 0 Å². The first-order chi connectivity index (χ1) is 9.63. The standard InChI is InChI=1S/C14H10FN3OS/c1-8-2-4-10(7-11(8)15)16-14(19)9-3-5-12-13(6-9)18-20-17-12/h2-7H,1H3,(H,16,19). The van der Waals surface area contributed by atoms with Crippen LogP contribution in [0, 0.1) is 12.7 Å². The number of nitrogens with one attached hydrogen (secondary N) is 1. The van der Waals surface area contributed by atoms with Gasteiger partial charge in [0.1, 0.15) is 16.9 Å². The Hall–Kier alpha value is -2.34. The zero-order valence-corrected chi connectivity index (χ0v) is 11.4. The molecule has 6 heteroatoms. The Morgan fingerprint density at radius 3 is 2.75 bits per heavy atom. The SMILES string of the molecule is Cc1ccc(NC(=O)c2ccc3nsnc3c2)cc1F. The second kappa shape index (κ2) is 4.97. The van der Waals surface area contributed by atoms with Crippen LogP contribution in [0.25, 0.3) is 11.0 Å². The van der Waals surface area contributed by atoms with Crippen LogP contribution in [0.2, 0.25) is 0 Å². The lowest BCUT2D eigenvalue weighted by molar-refractivity contribution is 0.102. The predicted molar refractivity (Wildman–Crippen MR) is 76.5 cm³/mol. The van der Waals surface area contributed by atoms with Gasteiger partial charge in [-0.2, -0.15) is 8.75 Å². The average molecular weight is 287 g/mol. The Bertz CT molecular complexity index is 800. The quantitative estimate of drug-likeness (QED) is 0.786. The molecule has 0 aliphatic rings. The third kappa shape index (κ3) is 2.37. The molecule has 0 bridgehead atoms. The second-order valence-corrected chi connectivity index (χ2v) is 4.91. The molecule has 1 aromatic heterocycles. The fraction of sp³-hybridized carbons (Fsp3) is 0.0714. The smallest absolute Gasteiger partial charge is 0.255 e. The predicted octanol–water partition coefficient (Wildman–Crippen LogP) is 3.39. The van der Waals surface area contributed by atoms with Gasteiger partial charge >= 0.3 is 0 Å². The van der Waals surface area contributed by atoms with E-state index in [-0.39, 0.29) is 11.7 Å². The van der Waals surface area contributed by atoms with Crippen LogP contribution in [-0.4, -0.2) is 14.7 Å². The molecule has 0 fully saturated rings. The molecule has 0 atom stereocenters. The zero-order valence-electron chi connectivity index (χ0n) is 10.6. The Balaban J connectivity index is 1.86. The van der Waals surface area contributed by atoms with Crippen LogP contribution in [0.3, 0.4) is 0 Å². The minimum absolute atomic E-state index is 0.303. The topological polar surface area (TPSA) is 54.9 Å². The number of rotatable bonds is 2. The maximum atomic E-state index is 13.4. The maximum absolute atomic E-state index is 13.4. The highest BCUT2D eigenvalue weighted by Crippen LogP contribution is 2.17. The van der Waals surface area contributed by atoms with Gasteiger partial charge in [-0.3, -0.25) is 4.79 Å². The Kier molecular flexibility index (Phi) is 3.15. The Morgan fingerprint density at radius 1 is 1.15 bits per heavy atom. The van der Waals surface area contributed by atoms with E-state index in [1.54, 1.807) is 37.3 Å². The monoisotopic (exact) mass is 287 g/mol. The summed E-state index contributed by atoms with van der Waals surface area (Å²) in [6.07, 6.45) is 0. The highest BCUT2D eigenvalue weighted by molar-refractivity contribution is 7.00. The molecular weight excluding hydrogens is 277 g/mol. The number of aromatic nitrogens is 2. The normalized spacial score (nSPS) is 10.7. The van der Waals surface area contributed by atoms with E-state index in [0.717, 1.165) is 17.2 Å². The lowest BCUT2D eigenvalue weighted by Gasteiger charge is -2.06. The number of anilines is 1. The van der Waals surface area contributed by atoms with Gasteiger partial charge in [0.05, 0.1) is 11.7 Å². The van der Waals surface area contributed by atoms with Crippen molar-refractivity contribution < 1.29 is 9.18 Å². The number of carbonyl (C=O) groups excluding carboxylic acids is 1. The molecule has 3 aromatic rings. The van der Waals surface area contributed by atoms with Gasteiger partial charge in [-0.1, -0.05) is 6.07 Å². The number of hydrogen-bond donors (Lipinski definition) is 1. The van der Waals surface area contributed by atoms with E-state index in [9.17, 15) is 9.18 Å². The lowest BCUT2D eigenvalue weighted by atomic mass is 10.1. The molecule has 0 unspecified atom stereocenters. The number of halogens is 1. The fourth-order valence-corrected chi connectivity index (χ4v) is 2.31. The van der Waals surface area contributed by atoms with Crippen molar-refractivity contribution in [2.24, 2.45) is 0 Å². The third-order valence-electron chi connectivity index (χ3n) is 2.95. The van der Waals surface area contributed by atoms with Gasteiger partial charge in [-0.15, -0.1) is 0 Å². The first-order valence-electron chi connectivity index (χ1n) is 5.93. The van der Waals surface area contributed by atoms with E-state index in [2.05, 4.69) is 14.1 Å². The largest absolute Gasteiger partial charge is 0.322 e. The van der Waals surface area contributed by atoms with E-state index < -0.39 is 0 Å². The minimum Gasteiger partial charge on any atom is -0.322 e. The van der Waals surface area contributed by atoms with Gasteiger partial charge in [-0.05, 0) is 42.8 Å². The number of hydrogen-bond acceptors (Lipinski definition) is 4. The molecule has 3 rings (SSSR count). The summed E-state index contributed by atoms with van der Waals surface area (Å²) in [4.78, 5) is 12.1. The molecule has 1 N–H and O–H groups in total. The summed E-state index contributed by atoms with van der Waals surface area (Å²) < 4.78 is 21.6. The lowest BCUT2D eigenvalue weighted by Crippen LogP contribution is -2.12. The Labute approximate surface area is 118 Å². The summed E-state index contributed by atoms with van der Waals surface area (Å²) in [6.45, 7) is 1.67. The molecule has 0 aliphatic heterocycles. The van der Waals surface area contributed by atoms with Gasteiger partial charge in [0.2, 0.25) is 0 Å². The molecule has 0 radical (unpaired) electrons. The molecular formula is C14H10FN3OS. The summed E-state index contributed by atoms with van der Waals surface area (Å²) in [5.41, 5.74) is 2.87. The zero-order chi connectivity index (χ0) is 14.1. The molecule has 1 amide bonds. The number of amides is 1. The van der Waals surface area contributed by atoms with Gasteiger partial charge < -0.3 is 5.32 Å². The fourth-order valence-electron chi connectivity index (χ4n) is 1.80. The van der Waals surface area contributed by atoms with Crippen LogP contribution in [0.5, 0.6) is 0 Å². The number of benzene rings is 2. The molecule has 2 aromatic carbocycles. The van der Waals surface area contributed by atoms with Crippen LogP contribution in [0.15, 0.2) is 36.4 Å². The number of nitrogens with zero attached hydrogens (tertiary/aromatic N) is 2. The summed E-state index contributed by atoms with van der Waals surface area (Å²) >= 11 is 1.10. The first kappa shape index (κ1) is 12.7. The van der Waals surface area contributed by atoms with E-state index in [4.69, 9.17) is 0 Å². The van der Waals surface area contributed by atoms with E-state index >= 15 is 0 Å². The number of aryl methyl sites for hydroxylation is 1. The minimum atomic E-state index is -0.345. The van der Waals surface area contributed by atoms with E-state index in [0.29, 0.717) is 22.3 Å². The second-order valence-electron chi connectivity index (χ2n) is 4.39. The van der Waals surface area contributed by atoms with Gasteiger partial charge in [0.15, 0.2) is 0 Å². The van der Waals surface area contributed by atoms with Crippen LogP contribution < -0.4 is 5.32 Å². The van der Waals surface area contributed by atoms with Crippen molar-refractivity contribution >= 4 is 34.4 Å². The molecule has 20 heavy (non-hydrogen) atoms. The van der Waals surface area contributed by atoms with Crippen molar-refractivity contribution in [2.45, 2.75) is 6.92 Å². The van der Waals surface area contributed by atoms with Gasteiger partial charge in [-0.25, -0.2) is 4.39 Å². The van der Waals surface area contributed by atoms with Crippen molar-refractivity contribution in [3.8, 4) is 0 Å². The van der Waals surface area contributed by atoms with E-state index in [1.807, 2.05) is 0 Å². The molecule has 0 saturated carbocycles. The summed E-state index contributed by atoms with van der Waals surface area (Å²) in [5, 5.41) is 2.66. The van der Waals surface area contributed by atoms with Crippen LogP contribution in [0.4, 0.5) is 10.1 Å². The van der Waals surface area contributed by atoms with Crippen molar-refractivity contribution in [3.05, 3.63) is 53.3 Å². The molecule has 100 valence electrons. The third-order valence-corrected chi connectivity index (χ3v) is 3.50. The number of carbonyl (C=O) groups is 1. The van der Waals surface area contributed by atoms with Crippen molar-refractivity contribution in [2.75, 3.05) is 5.32 Å². The summed E-state index contributed by atoms with van der Waals surface area (Å²) in [5.74, 6) is -0.648. The van der Waals surface area contributed by atoms with Crippen LogP contribution >= 0.6 is 11.7 Å². The highest BCUT2D eigenvalue weighted by atomic mass is 32.1. The van der Waals surface area contributed by atoms with E-state index in [1.165, 1.54) is 6.07 Å². The van der Waals surface area contributed by atoms with Crippen LogP contribution in [-0.2, 0) is 0 Å². The highest BCUT2D eigenvalue weighted by Gasteiger charge is 2.09. The first-order valence-corrected chi connectivity index (χ1v) is 6.66. The Morgan fingerprint density at radius 2 is 1.95 bits per heavy atom. The molecule has 0 saturated heterocycles. The van der Waals surface area contributed by atoms with Crippen molar-refractivity contribution in [1.82, 2.24) is 8.75 Å². The summed E-state index contributed by atoms with van der Waals surface area (Å²) in [6, 6.07) is 9.67. The van der Waals surface area contributed by atoms with Crippen LogP contribution in [0.1, 0.15) is 15.9 Å². The molecule has 0 aliphatic carbocycles. The van der Waals surface area contributed by atoms with Gasteiger partial charge in [0.25, 0.3) is 5.91 Å². The molecule has 0 spiro atoms. The van der Waals surface area contributed by atoms with Gasteiger partial charge in [0, 0.05) is 11.3 Å². The average Bonchev–Trinajstić information content (AvgIpc) is 2.90. The molecule has 1 heterocycles.